The standard InChI is InChI=1S/C20H27F3N4O2S/c1-4-28-9-10-29-16-11-14(2)5-6-15(16)12-26-19(24-3)25-8-7-18-27-17(13-30-18)20(21,22)23/h5-6,11,13H,4,7-10,12H2,1-3H3,(H2,24,25,26). The Morgan fingerprint density at radius 3 is 2.70 bits per heavy atom. The van der Waals surface area contributed by atoms with Crippen LogP contribution >= 0.6 is 11.3 Å². The molecule has 1 heterocycles. The van der Waals surface area contributed by atoms with Crippen LogP contribution < -0.4 is 15.4 Å². The highest BCUT2D eigenvalue weighted by atomic mass is 32.1. The molecule has 0 fully saturated rings. The lowest BCUT2D eigenvalue weighted by Crippen LogP contribution is -2.38. The van der Waals surface area contributed by atoms with Crippen molar-refractivity contribution < 1.29 is 22.6 Å². The molecule has 30 heavy (non-hydrogen) atoms. The topological polar surface area (TPSA) is 67.8 Å². The molecule has 0 aliphatic heterocycles. The molecule has 6 nitrogen and oxygen atoms in total. The number of aromatic nitrogens is 1. The van der Waals surface area contributed by atoms with E-state index >= 15 is 0 Å². The second-order valence-electron chi connectivity index (χ2n) is 6.38. The van der Waals surface area contributed by atoms with Crippen molar-refractivity contribution in [3.8, 4) is 5.75 Å². The normalized spacial score (nSPS) is 12.1. The van der Waals surface area contributed by atoms with E-state index < -0.39 is 11.9 Å². The predicted octanol–water partition coefficient (Wildman–Crippen LogP) is 3.79. The Bertz CT molecular complexity index is 825. The molecule has 0 saturated heterocycles. The van der Waals surface area contributed by atoms with E-state index in [0.717, 1.165) is 33.6 Å². The highest BCUT2D eigenvalue weighted by Gasteiger charge is 2.33. The molecule has 0 amide bonds. The van der Waals surface area contributed by atoms with Crippen LogP contribution in [-0.2, 0) is 23.9 Å². The maximum atomic E-state index is 12.6. The van der Waals surface area contributed by atoms with E-state index in [2.05, 4.69) is 20.6 Å². The van der Waals surface area contributed by atoms with Gasteiger partial charge in [0.25, 0.3) is 0 Å². The quantitative estimate of drug-likeness (QED) is 0.332. The predicted molar refractivity (Wildman–Crippen MR) is 112 cm³/mol. The first kappa shape index (κ1) is 23.9. The van der Waals surface area contributed by atoms with E-state index in [1.807, 2.05) is 32.0 Å². The van der Waals surface area contributed by atoms with E-state index in [-0.39, 0.29) is 0 Å². The molecule has 10 heteroatoms. The molecule has 0 aliphatic carbocycles. The zero-order valence-electron chi connectivity index (χ0n) is 17.3. The molecule has 1 aromatic heterocycles. The van der Waals surface area contributed by atoms with Crippen LogP contribution in [0.5, 0.6) is 5.75 Å². The fourth-order valence-electron chi connectivity index (χ4n) is 2.54. The average Bonchev–Trinajstić information content (AvgIpc) is 3.18. The fourth-order valence-corrected chi connectivity index (χ4v) is 3.35. The van der Waals surface area contributed by atoms with E-state index in [0.29, 0.717) is 50.3 Å². The monoisotopic (exact) mass is 444 g/mol. The highest BCUT2D eigenvalue weighted by Crippen LogP contribution is 2.30. The Hall–Kier alpha value is -2.33. The molecule has 0 radical (unpaired) electrons. The van der Waals surface area contributed by atoms with Gasteiger partial charge in [-0.2, -0.15) is 13.2 Å². The number of alkyl halides is 3. The van der Waals surface area contributed by atoms with Gasteiger partial charge in [0.2, 0.25) is 0 Å². The van der Waals surface area contributed by atoms with Gasteiger partial charge in [-0.1, -0.05) is 12.1 Å². The van der Waals surface area contributed by atoms with Crippen molar-refractivity contribution in [1.82, 2.24) is 15.6 Å². The third-order valence-electron chi connectivity index (χ3n) is 4.06. The van der Waals surface area contributed by atoms with Gasteiger partial charge in [-0.05, 0) is 25.5 Å². The van der Waals surface area contributed by atoms with Crippen molar-refractivity contribution in [3.63, 3.8) is 0 Å². The highest BCUT2D eigenvalue weighted by molar-refractivity contribution is 7.09. The Morgan fingerprint density at radius 2 is 2.03 bits per heavy atom. The average molecular weight is 445 g/mol. The largest absolute Gasteiger partial charge is 0.491 e. The Balaban J connectivity index is 1.84. The van der Waals surface area contributed by atoms with Crippen molar-refractivity contribution in [3.05, 3.63) is 45.4 Å². The first-order valence-electron chi connectivity index (χ1n) is 9.59. The third kappa shape index (κ3) is 7.83. The maximum Gasteiger partial charge on any atom is 0.434 e. The number of guanidine groups is 1. The molecule has 166 valence electrons. The first-order chi connectivity index (χ1) is 14.3. The summed E-state index contributed by atoms with van der Waals surface area (Å²) < 4.78 is 49.0. The number of aliphatic imine (C=N–C) groups is 1. The van der Waals surface area contributed by atoms with Crippen LogP contribution in [0.4, 0.5) is 13.2 Å². The summed E-state index contributed by atoms with van der Waals surface area (Å²) in [5, 5.41) is 7.74. The first-order valence-corrected chi connectivity index (χ1v) is 10.5. The van der Waals surface area contributed by atoms with Gasteiger partial charge in [-0.25, -0.2) is 4.98 Å². The second kappa shape index (κ2) is 11.8. The smallest absolute Gasteiger partial charge is 0.434 e. The lowest BCUT2D eigenvalue weighted by atomic mass is 10.1. The van der Waals surface area contributed by atoms with Gasteiger partial charge in [0.05, 0.1) is 11.6 Å². The number of nitrogens with one attached hydrogen (secondary N) is 2. The maximum absolute atomic E-state index is 12.6. The summed E-state index contributed by atoms with van der Waals surface area (Å²) in [6.45, 7) is 6.46. The van der Waals surface area contributed by atoms with Crippen LogP contribution in [0, 0.1) is 6.92 Å². The summed E-state index contributed by atoms with van der Waals surface area (Å²) in [5.41, 5.74) is 1.21. The molecular weight excluding hydrogens is 417 g/mol. The molecule has 0 aliphatic rings. The van der Waals surface area contributed by atoms with E-state index in [1.165, 1.54) is 0 Å². The van der Waals surface area contributed by atoms with E-state index in [4.69, 9.17) is 9.47 Å². The molecule has 2 aromatic rings. The van der Waals surface area contributed by atoms with Crippen LogP contribution in [-0.4, -0.2) is 44.4 Å². The molecule has 0 unspecified atom stereocenters. The molecule has 0 saturated carbocycles. The Morgan fingerprint density at radius 1 is 1.23 bits per heavy atom. The molecular formula is C20H27F3N4O2S. The summed E-state index contributed by atoms with van der Waals surface area (Å²) in [5.74, 6) is 1.32. The van der Waals surface area contributed by atoms with Crippen molar-refractivity contribution in [2.24, 2.45) is 4.99 Å². The van der Waals surface area contributed by atoms with E-state index in [9.17, 15) is 13.2 Å². The second-order valence-corrected chi connectivity index (χ2v) is 7.33. The zero-order chi connectivity index (χ0) is 22.0. The molecule has 2 N–H and O–H groups in total. The van der Waals surface area contributed by atoms with E-state index in [1.54, 1.807) is 7.05 Å². The van der Waals surface area contributed by atoms with Gasteiger partial charge >= 0.3 is 6.18 Å². The van der Waals surface area contributed by atoms with Crippen molar-refractivity contribution in [2.45, 2.75) is 33.0 Å². The molecule has 0 spiro atoms. The molecule has 0 bridgehead atoms. The fraction of sp³-hybridized carbons (Fsp3) is 0.500. The van der Waals surface area contributed by atoms with Crippen LogP contribution in [0.2, 0.25) is 0 Å². The number of hydrogen-bond donors (Lipinski definition) is 2. The molecule has 1 aromatic carbocycles. The van der Waals surface area contributed by atoms with Gasteiger partial charge in [0.1, 0.15) is 12.4 Å². The lowest BCUT2D eigenvalue weighted by molar-refractivity contribution is -0.140. The number of halogens is 3. The minimum atomic E-state index is -4.41. The van der Waals surface area contributed by atoms with Crippen molar-refractivity contribution in [2.75, 3.05) is 33.4 Å². The van der Waals surface area contributed by atoms with Gasteiger partial charge in [-0.3, -0.25) is 4.99 Å². The number of aryl methyl sites for hydroxylation is 1. The molecule has 2 rings (SSSR count). The summed E-state index contributed by atoms with van der Waals surface area (Å²) in [6.07, 6.45) is -4.03. The summed E-state index contributed by atoms with van der Waals surface area (Å²) in [6, 6.07) is 5.96. The Labute approximate surface area is 178 Å². The van der Waals surface area contributed by atoms with Gasteiger partial charge < -0.3 is 20.1 Å². The van der Waals surface area contributed by atoms with Crippen LogP contribution in [0.1, 0.15) is 28.8 Å². The SMILES string of the molecule is CCOCCOc1cc(C)ccc1CNC(=NC)NCCc1nc(C(F)(F)F)cs1. The van der Waals surface area contributed by atoms with Gasteiger partial charge in [0.15, 0.2) is 11.7 Å². The number of ether oxygens (including phenoxy) is 2. The Kier molecular flexibility index (Phi) is 9.38. The summed E-state index contributed by atoms with van der Waals surface area (Å²) in [4.78, 5) is 7.77. The number of benzene rings is 1. The molecule has 0 atom stereocenters. The van der Waals surface area contributed by atoms with Crippen LogP contribution in [0.25, 0.3) is 0 Å². The van der Waals surface area contributed by atoms with Crippen LogP contribution in [0.15, 0.2) is 28.6 Å². The summed E-state index contributed by atoms with van der Waals surface area (Å²) in [7, 11) is 1.63. The minimum Gasteiger partial charge on any atom is -0.491 e. The van der Waals surface area contributed by atoms with Crippen LogP contribution in [0.3, 0.4) is 0 Å². The summed E-state index contributed by atoms with van der Waals surface area (Å²) >= 11 is 1.00. The van der Waals surface area contributed by atoms with Crippen molar-refractivity contribution in [1.29, 1.82) is 0 Å². The minimum absolute atomic E-state index is 0.373. The van der Waals surface area contributed by atoms with Crippen molar-refractivity contribution >= 4 is 17.3 Å². The number of nitrogens with zero attached hydrogens (tertiary/aromatic N) is 2. The lowest BCUT2D eigenvalue weighted by Gasteiger charge is -2.15. The number of hydrogen-bond acceptors (Lipinski definition) is 5. The van der Waals surface area contributed by atoms with Gasteiger partial charge in [-0.15, -0.1) is 11.3 Å². The van der Waals surface area contributed by atoms with Gasteiger partial charge in [0, 0.05) is 44.1 Å². The third-order valence-corrected chi connectivity index (χ3v) is 4.96. The zero-order valence-corrected chi connectivity index (χ0v) is 18.1. The number of thiazole rings is 1. The number of rotatable bonds is 10.